The molecule has 0 unspecified atom stereocenters. The van der Waals surface area contributed by atoms with Gasteiger partial charge in [0.1, 0.15) is 55.4 Å². The Hall–Kier alpha value is -12.1. The van der Waals surface area contributed by atoms with Crippen LogP contribution >= 0.6 is 0 Å². The molecule has 30 nitrogen and oxygen atoms in total. The first-order valence-corrected chi connectivity index (χ1v) is 43.9. The van der Waals surface area contributed by atoms with Crippen LogP contribution in [-0.2, 0) is 32.4 Å². The molecule has 9 aromatic rings. The first kappa shape index (κ1) is 88.3. The summed E-state index contributed by atoms with van der Waals surface area (Å²) in [6, 6.07) is 34.4. The lowest BCUT2D eigenvalue weighted by molar-refractivity contribution is 0.0529. The number of anilines is 3. The number of benzene rings is 6. The number of ether oxygens (including phenoxy) is 3. The van der Waals surface area contributed by atoms with Crippen molar-refractivity contribution in [1.29, 1.82) is 0 Å². The number of rotatable bonds is 26. The number of pyridine rings is 3. The SMILES string of the molecule is CB(O)N1CCC(N2C(=O)c3cc4c(cc3C2=O)N=C(c2c(NC[C@@H](O)COc3ccc(C)cc3C)cc[nH]c2=O)C4)CC1.CB(O)N1CCC(N2Cc3cc4c(cc3C2=O)CC(c2c(NC[C@@H](O)COc3ccc(C)cc3C)cc[nH]c2=O)=N4)CC1.Cc1ccc(OC[C@H](O)CNc2cc[nH]c(=O)c2C2=Nc3cc4c(cc3C2)C(=O)N(C2CCNCC2)C4)c(C)c1. The van der Waals surface area contributed by atoms with E-state index in [1.54, 1.807) is 56.4 Å². The molecule has 3 fully saturated rings. The van der Waals surface area contributed by atoms with Gasteiger partial charge in [0.2, 0.25) is 0 Å². The fraction of sp³-hybridized carbons (Fsp3) is 0.389. The number of amides is 4. The molecule has 660 valence electrons. The van der Waals surface area contributed by atoms with E-state index in [0.29, 0.717) is 137 Å². The molecule has 12 heterocycles. The maximum Gasteiger partial charge on any atom is 0.376 e. The number of hydrogen-bond donors (Lipinski definition) is 12. The lowest BCUT2D eigenvalue weighted by Crippen LogP contribution is -2.50. The van der Waals surface area contributed by atoms with Crippen LogP contribution in [0.15, 0.2) is 157 Å². The van der Waals surface area contributed by atoms with Crippen LogP contribution < -0.4 is 52.2 Å². The number of H-pyrrole nitrogens is 3. The topological polar surface area (TPSA) is 397 Å². The van der Waals surface area contributed by atoms with Gasteiger partial charge in [-0.15, -0.1) is 0 Å². The molecule has 4 amide bonds. The van der Waals surface area contributed by atoms with Gasteiger partial charge in [0.25, 0.3) is 40.3 Å². The van der Waals surface area contributed by atoms with E-state index in [1.807, 2.05) is 140 Å². The second kappa shape index (κ2) is 38.2. The molecule has 3 atom stereocenters. The number of aliphatic hydroxyl groups is 3. The number of nitrogens with one attached hydrogen (secondary N) is 7. The van der Waals surface area contributed by atoms with Crippen LogP contribution in [0.5, 0.6) is 17.2 Å². The van der Waals surface area contributed by atoms with E-state index >= 15 is 0 Å². The smallest absolute Gasteiger partial charge is 0.376 e. The van der Waals surface area contributed by atoms with E-state index < -0.39 is 32.4 Å². The number of hydrogen-bond acceptors (Lipinski definition) is 24. The fourth-order valence-electron chi connectivity index (χ4n) is 18.6. The van der Waals surface area contributed by atoms with Crippen LogP contribution in [0.4, 0.5) is 34.1 Å². The van der Waals surface area contributed by atoms with Gasteiger partial charge in [-0.25, -0.2) is 0 Å². The van der Waals surface area contributed by atoms with Crippen LogP contribution in [-0.4, -0.2) is 235 Å². The monoisotopic (exact) mass is 1720 g/mol. The first-order chi connectivity index (χ1) is 61.1. The van der Waals surface area contributed by atoms with Crippen LogP contribution in [0.25, 0.3) is 0 Å². The summed E-state index contributed by atoms with van der Waals surface area (Å²) in [6.45, 7) is 22.1. The average Bonchev–Trinajstić information content (AvgIpc) is 1.59. The summed E-state index contributed by atoms with van der Waals surface area (Å²) in [5.74, 6) is 1.67. The summed E-state index contributed by atoms with van der Waals surface area (Å²) >= 11 is 0. The third-order valence-electron chi connectivity index (χ3n) is 25.5. The maximum absolute atomic E-state index is 13.4. The van der Waals surface area contributed by atoms with E-state index in [4.69, 9.17) is 29.2 Å². The van der Waals surface area contributed by atoms with Gasteiger partial charge in [-0.05, 0) is 250 Å². The molecule has 6 aromatic carbocycles. The van der Waals surface area contributed by atoms with Gasteiger partial charge in [0, 0.05) is 99.8 Å². The highest BCUT2D eigenvalue weighted by Crippen LogP contribution is 2.42. The lowest BCUT2D eigenvalue weighted by atomic mass is 9.82. The Balaban J connectivity index is 0.000000140. The molecule has 9 aliphatic rings. The molecular weight excluding hydrogens is 1610 g/mol. The number of aromatic nitrogens is 3. The fourth-order valence-corrected chi connectivity index (χ4v) is 18.6. The van der Waals surface area contributed by atoms with Crippen molar-refractivity contribution in [2.24, 2.45) is 15.0 Å². The third-order valence-corrected chi connectivity index (χ3v) is 25.5. The van der Waals surface area contributed by atoms with Gasteiger partial charge in [-0.3, -0.25) is 53.4 Å². The number of aliphatic imine (C=N–C) groups is 3. The van der Waals surface area contributed by atoms with Gasteiger partial charge in [-0.1, -0.05) is 53.1 Å². The number of carbonyl (C=O) groups excluding carboxylic acids is 4. The number of carbonyl (C=O) groups is 4. The normalized spacial score (nSPS) is 17.4. The quantitative estimate of drug-likeness (QED) is 0.0178. The molecule has 12 N–H and O–H groups in total. The average molecular weight is 1720 g/mol. The molecule has 127 heavy (non-hydrogen) atoms. The number of aryl methyl sites for hydroxylation is 6. The van der Waals surface area contributed by atoms with Crippen molar-refractivity contribution in [3.05, 3.63) is 259 Å². The zero-order valence-corrected chi connectivity index (χ0v) is 72.9. The molecule has 3 saturated heterocycles. The molecule has 0 aliphatic carbocycles. The Bertz CT molecular complexity index is 6020. The number of piperidine rings is 3. The highest BCUT2D eigenvalue weighted by Gasteiger charge is 2.44. The number of nitrogens with zero attached hydrogens (tertiary/aromatic N) is 8. The second-order valence-electron chi connectivity index (χ2n) is 34.8. The molecule has 0 radical (unpaired) electrons. The number of aromatic amines is 3. The molecule has 9 aliphatic heterocycles. The number of imide groups is 1. The summed E-state index contributed by atoms with van der Waals surface area (Å²) in [4.78, 5) is 124. The van der Waals surface area contributed by atoms with E-state index in [-0.39, 0.29) is 97.9 Å². The van der Waals surface area contributed by atoms with Crippen molar-refractivity contribution < 1.29 is 58.8 Å². The van der Waals surface area contributed by atoms with E-state index in [0.717, 1.165) is 141 Å². The van der Waals surface area contributed by atoms with Crippen molar-refractivity contribution in [2.45, 2.75) is 163 Å². The Labute approximate surface area is 736 Å². The first-order valence-electron chi connectivity index (χ1n) is 43.9. The zero-order chi connectivity index (χ0) is 89.2. The van der Waals surface area contributed by atoms with Crippen LogP contribution in [0.2, 0.25) is 13.6 Å². The predicted molar refractivity (Wildman–Crippen MR) is 491 cm³/mol. The molecule has 0 saturated carbocycles. The molecule has 3 aromatic heterocycles. The lowest BCUT2D eigenvalue weighted by Gasteiger charge is -2.37. The van der Waals surface area contributed by atoms with E-state index in [2.05, 4.69) is 36.2 Å². The van der Waals surface area contributed by atoms with Gasteiger partial charge in [-0.2, -0.15) is 0 Å². The molecule has 0 spiro atoms. The number of fused-ring (bicyclic) bond motifs is 6. The van der Waals surface area contributed by atoms with Gasteiger partial charge in [0.05, 0.1) is 79.1 Å². The Morgan fingerprint density at radius 3 is 1.09 bits per heavy atom. The second-order valence-corrected chi connectivity index (χ2v) is 34.8. The predicted octanol–water partition coefficient (Wildman–Crippen LogP) is 8.97. The van der Waals surface area contributed by atoms with E-state index in [9.17, 15) is 58.9 Å². The van der Waals surface area contributed by atoms with Crippen molar-refractivity contribution in [1.82, 2.24) is 44.6 Å². The van der Waals surface area contributed by atoms with Gasteiger partial charge < -0.3 is 95.2 Å². The Morgan fingerprint density at radius 1 is 0.409 bits per heavy atom. The van der Waals surface area contributed by atoms with Crippen LogP contribution in [0.1, 0.15) is 158 Å². The summed E-state index contributed by atoms with van der Waals surface area (Å²) in [6.07, 6.45) is 8.31. The van der Waals surface area contributed by atoms with E-state index in [1.165, 1.54) is 11.1 Å². The minimum Gasteiger partial charge on any atom is -0.491 e. The highest BCUT2D eigenvalue weighted by atomic mass is 16.5. The minimum atomic E-state index is -0.840. The molecular formula is C95H109B2N15O15. The van der Waals surface area contributed by atoms with Crippen LogP contribution in [0, 0.1) is 41.5 Å². The summed E-state index contributed by atoms with van der Waals surface area (Å²) in [7, 11) is -1.03. The summed E-state index contributed by atoms with van der Waals surface area (Å²) in [5.41, 5.74) is 19.2. The molecule has 32 heteroatoms. The maximum atomic E-state index is 13.4. The highest BCUT2D eigenvalue weighted by molar-refractivity contribution is 6.45. The standard InChI is InChI=1S/C32H36BN5O6.C32H38BN5O5.C31H35N5O4/c1-18-4-5-28(19(2)12-18)44-17-22(39)16-35-25-6-9-34-30(40)29(25)27-14-20-13-23-24(15-26(20)36-27)32(42)38(31(23)41)21-7-10-37(11-8-21)33(3)43;1-19-4-5-29(20(2)12-19)43-18-24(39)16-35-26-6-9-34-31(40)30(26)28-14-21-13-25-22(15-27(21)36-28)17-38(32(25)41)23-7-10-37(11-8-23)33(3)42;1-18-3-4-28(19(2)11-18)40-17-23(37)15-34-25-7-10-33-30(38)29(25)27-13-20-12-24-21(14-26(20)35-27)16-36(31(24)39)22-5-8-32-9-6-22/h4-6,9,12-13,15,21-22,39,43H,7-8,10-11,14,16-17H2,1-3H3,(H2,34,35,40);4-6,9,12-13,15,23-24,39,42H,7-8,10-11,14,16-18H2,1-3H3,(H2,34,35,40);3-4,7,10-12,14,22-23,32,37H,5-6,8-9,13,15-17H2,1-2H3,(H2,33,34,38)/t22-;24-;23-/m111/s1. The van der Waals surface area contributed by atoms with Gasteiger partial charge >= 0.3 is 14.1 Å². The van der Waals surface area contributed by atoms with Crippen LogP contribution in [0.3, 0.4) is 0 Å². The van der Waals surface area contributed by atoms with Crippen molar-refractivity contribution in [2.75, 3.05) is 94.7 Å². The van der Waals surface area contributed by atoms with Crippen molar-refractivity contribution in [3.63, 3.8) is 0 Å². The van der Waals surface area contributed by atoms with Crippen molar-refractivity contribution in [3.8, 4) is 17.2 Å². The largest absolute Gasteiger partial charge is 0.491 e. The Morgan fingerprint density at radius 2 is 0.740 bits per heavy atom. The number of aliphatic hydroxyl groups excluding tert-OH is 3. The third kappa shape index (κ3) is 19.4. The molecule has 0 bridgehead atoms. The van der Waals surface area contributed by atoms with Gasteiger partial charge in [0.15, 0.2) is 0 Å². The Kier molecular flexibility index (Phi) is 26.6. The minimum absolute atomic E-state index is 0.0405. The summed E-state index contributed by atoms with van der Waals surface area (Å²) in [5, 5.41) is 64.5. The summed E-state index contributed by atoms with van der Waals surface area (Å²) < 4.78 is 17.4. The van der Waals surface area contributed by atoms with Crippen molar-refractivity contribution >= 4 is 89.0 Å². The molecule has 18 rings (SSSR count). The zero-order valence-electron chi connectivity index (χ0n) is 72.9.